The minimum atomic E-state index is -0.177. The van der Waals surface area contributed by atoms with E-state index in [1.165, 1.54) is 5.56 Å². The first-order valence-corrected chi connectivity index (χ1v) is 6.49. The van der Waals surface area contributed by atoms with E-state index < -0.39 is 0 Å². The number of ether oxygens (including phenoxy) is 1. The van der Waals surface area contributed by atoms with Crippen LogP contribution in [0, 0.1) is 6.92 Å². The lowest BCUT2D eigenvalue weighted by Gasteiger charge is -2.18. The third-order valence-electron chi connectivity index (χ3n) is 3.21. The van der Waals surface area contributed by atoms with Gasteiger partial charge in [0.25, 0.3) is 0 Å². The number of hydrogen-bond acceptors (Lipinski definition) is 3. The van der Waals surface area contributed by atoms with Gasteiger partial charge in [-0.3, -0.25) is 0 Å². The average molecular weight is 263 g/mol. The maximum absolute atomic E-state index is 11.8. The van der Waals surface area contributed by atoms with Crippen molar-refractivity contribution >= 4 is 17.4 Å². The van der Waals surface area contributed by atoms with Gasteiger partial charge < -0.3 is 20.3 Å². The Hall–Kier alpha value is -1.75. The number of anilines is 2. The molecule has 0 aliphatic carbocycles. The summed E-state index contributed by atoms with van der Waals surface area (Å²) in [7, 11) is 3.98. The van der Waals surface area contributed by atoms with Gasteiger partial charge in [0, 0.05) is 32.1 Å². The summed E-state index contributed by atoms with van der Waals surface area (Å²) in [4.78, 5) is 13.9. The number of benzene rings is 1. The summed E-state index contributed by atoms with van der Waals surface area (Å²) in [6.45, 7) is 3.37. The van der Waals surface area contributed by atoms with Crippen LogP contribution in [-0.2, 0) is 4.74 Å². The molecule has 1 unspecified atom stereocenters. The van der Waals surface area contributed by atoms with E-state index >= 15 is 0 Å². The number of urea groups is 1. The van der Waals surface area contributed by atoms with Gasteiger partial charge >= 0.3 is 6.03 Å². The summed E-state index contributed by atoms with van der Waals surface area (Å²) >= 11 is 0. The van der Waals surface area contributed by atoms with Crippen molar-refractivity contribution in [1.82, 2.24) is 5.32 Å². The molecule has 1 aromatic rings. The number of amides is 2. The van der Waals surface area contributed by atoms with Crippen molar-refractivity contribution < 1.29 is 9.53 Å². The van der Waals surface area contributed by atoms with Gasteiger partial charge in [0.2, 0.25) is 0 Å². The average Bonchev–Trinajstić information content (AvgIpc) is 2.84. The number of carbonyl (C=O) groups excluding carboxylic acids is 1. The lowest BCUT2D eigenvalue weighted by Crippen LogP contribution is -2.38. The highest BCUT2D eigenvalue weighted by Gasteiger charge is 2.17. The zero-order valence-corrected chi connectivity index (χ0v) is 11.7. The Morgan fingerprint density at radius 3 is 2.84 bits per heavy atom. The molecule has 19 heavy (non-hydrogen) atoms. The second kappa shape index (κ2) is 5.93. The van der Waals surface area contributed by atoms with Crippen molar-refractivity contribution in [2.24, 2.45) is 0 Å². The molecule has 1 atom stereocenters. The summed E-state index contributed by atoms with van der Waals surface area (Å²) in [6.07, 6.45) is 0.879. The summed E-state index contributed by atoms with van der Waals surface area (Å²) < 4.78 is 5.23. The van der Waals surface area contributed by atoms with Gasteiger partial charge in [-0.1, -0.05) is 6.07 Å². The minimum Gasteiger partial charge on any atom is -0.379 e. The van der Waals surface area contributed by atoms with Gasteiger partial charge in [0.15, 0.2) is 0 Å². The van der Waals surface area contributed by atoms with Gasteiger partial charge in [-0.05, 0) is 31.0 Å². The van der Waals surface area contributed by atoms with Crippen LogP contribution in [0.4, 0.5) is 16.2 Å². The second-order valence-corrected chi connectivity index (χ2v) is 5.05. The second-order valence-electron chi connectivity index (χ2n) is 5.05. The largest absolute Gasteiger partial charge is 0.379 e. The van der Waals surface area contributed by atoms with Crippen LogP contribution < -0.4 is 15.5 Å². The fourth-order valence-electron chi connectivity index (χ4n) is 2.17. The molecule has 1 aliphatic rings. The molecule has 5 heteroatoms. The molecule has 0 saturated carbocycles. The summed E-state index contributed by atoms with van der Waals surface area (Å²) in [5, 5.41) is 5.76. The number of carbonyl (C=O) groups is 1. The molecule has 0 radical (unpaired) electrons. The van der Waals surface area contributed by atoms with Crippen molar-refractivity contribution in [3.8, 4) is 0 Å². The van der Waals surface area contributed by atoms with Crippen molar-refractivity contribution in [2.75, 3.05) is 37.5 Å². The minimum absolute atomic E-state index is 0.124. The molecule has 2 rings (SSSR count). The van der Waals surface area contributed by atoms with Crippen LogP contribution in [0.15, 0.2) is 18.2 Å². The van der Waals surface area contributed by atoms with E-state index in [-0.39, 0.29) is 12.1 Å². The zero-order chi connectivity index (χ0) is 13.8. The first-order valence-electron chi connectivity index (χ1n) is 6.49. The highest BCUT2D eigenvalue weighted by Crippen LogP contribution is 2.22. The van der Waals surface area contributed by atoms with Crippen LogP contribution in [0.3, 0.4) is 0 Å². The van der Waals surface area contributed by atoms with E-state index in [4.69, 9.17) is 4.74 Å². The summed E-state index contributed by atoms with van der Waals surface area (Å²) in [5.41, 5.74) is 3.08. The van der Waals surface area contributed by atoms with E-state index in [1.54, 1.807) is 0 Å². The number of nitrogens with zero attached hydrogens (tertiary/aromatic N) is 1. The topological polar surface area (TPSA) is 53.6 Å². The maximum Gasteiger partial charge on any atom is 0.319 e. The Bertz CT molecular complexity index is 454. The van der Waals surface area contributed by atoms with Crippen molar-refractivity contribution in [3.05, 3.63) is 23.8 Å². The van der Waals surface area contributed by atoms with Crippen LogP contribution in [-0.4, -0.2) is 39.4 Å². The van der Waals surface area contributed by atoms with Gasteiger partial charge in [0.05, 0.1) is 12.6 Å². The SMILES string of the molecule is Cc1ccc(NC(=O)NC2CCOC2)cc1N(C)C. The lowest BCUT2D eigenvalue weighted by molar-refractivity contribution is 0.189. The van der Waals surface area contributed by atoms with E-state index in [0.29, 0.717) is 6.61 Å². The number of aryl methyl sites for hydroxylation is 1. The normalized spacial score (nSPS) is 18.2. The predicted molar refractivity (Wildman–Crippen MR) is 76.9 cm³/mol. The zero-order valence-electron chi connectivity index (χ0n) is 11.7. The van der Waals surface area contributed by atoms with E-state index in [1.807, 2.05) is 37.2 Å². The Kier molecular flexibility index (Phi) is 4.27. The molecule has 104 valence electrons. The van der Waals surface area contributed by atoms with Crippen molar-refractivity contribution in [1.29, 1.82) is 0 Å². The van der Waals surface area contributed by atoms with Gasteiger partial charge in [-0.2, -0.15) is 0 Å². The molecule has 2 amide bonds. The molecule has 1 fully saturated rings. The molecule has 2 N–H and O–H groups in total. The van der Waals surface area contributed by atoms with Gasteiger partial charge in [0.1, 0.15) is 0 Å². The molecule has 0 aromatic heterocycles. The van der Waals surface area contributed by atoms with Gasteiger partial charge in [-0.15, -0.1) is 0 Å². The van der Waals surface area contributed by atoms with E-state index in [2.05, 4.69) is 17.6 Å². The quantitative estimate of drug-likeness (QED) is 0.876. The number of nitrogens with one attached hydrogen (secondary N) is 2. The van der Waals surface area contributed by atoms with Crippen molar-refractivity contribution in [2.45, 2.75) is 19.4 Å². The predicted octanol–water partition coefficient (Wildman–Crippen LogP) is 1.97. The highest BCUT2D eigenvalue weighted by molar-refractivity contribution is 5.90. The first kappa shape index (κ1) is 13.7. The Balaban J connectivity index is 1.98. The molecule has 1 aromatic carbocycles. The molecule has 0 bridgehead atoms. The molecular formula is C14H21N3O2. The maximum atomic E-state index is 11.8. The fourth-order valence-corrected chi connectivity index (χ4v) is 2.17. The molecule has 5 nitrogen and oxygen atoms in total. The lowest BCUT2D eigenvalue weighted by atomic mass is 10.1. The summed E-state index contributed by atoms with van der Waals surface area (Å²) in [5.74, 6) is 0. The Labute approximate surface area is 113 Å². The van der Waals surface area contributed by atoms with Crippen molar-refractivity contribution in [3.63, 3.8) is 0 Å². The molecular weight excluding hydrogens is 242 g/mol. The molecule has 1 aliphatic heterocycles. The number of hydrogen-bond donors (Lipinski definition) is 2. The van der Waals surface area contributed by atoms with Crippen LogP contribution in [0.1, 0.15) is 12.0 Å². The van der Waals surface area contributed by atoms with E-state index in [9.17, 15) is 4.79 Å². The summed E-state index contributed by atoms with van der Waals surface area (Å²) in [6, 6.07) is 5.83. The fraction of sp³-hybridized carbons (Fsp3) is 0.500. The van der Waals surface area contributed by atoms with Crippen LogP contribution in [0.2, 0.25) is 0 Å². The van der Waals surface area contributed by atoms with Gasteiger partial charge in [-0.25, -0.2) is 4.79 Å². The third-order valence-corrected chi connectivity index (χ3v) is 3.21. The smallest absolute Gasteiger partial charge is 0.319 e. The monoisotopic (exact) mass is 263 g/mol. The standard InChI is InChI=1S/C14H21N3O2/c1-10-4-5-11(8-13(10)17(2)3)15-14(18)16-12-6-7-19-9-12/h4-5,8,12H,6-7,9H2,1-3H3,(H2,15,16,18). The first-order chi connectivity index (χ1) is 9.06. The Morgan fingerprint density at radius 1 is 1.42 bits per heavy atom. The van der Waals surface area contributed by atoms with Crippen LogP contribution >= 0.6 is 0 Å². The number of rotatable bonds is 3. The Morgan fingerprint density at radius 2 is 2.21 bits per heavy atom. The van der Waals surface area contributed by atoms with E-state index in [0.717, 1.165) is 24.4 Å². The molecule has 1 saturated heterocycles. The van der Waals surface area contributed by atoms with Crippen LogP contribution in [0.25, 0.3) is 0 Å². The molecule has 1 heterocycles. The van der Waals surface area contributed by atoms with Crippen LogP contribution in [0.5, 0.6) is 0 Å². The third kappa shape index (κ3) is 3.61. The molecule has 0 spiro atoms. The highest BCUT2D eigenvalue weighted by atomic mass is 16.5.